The lowest BCUT2D eigenvalue weighted by Crippen LogP contribution is -2.63. The number of rotatable bonds is 9. The van der Waals surface area contributed by atoms with E-state index in [-0.39, 0.29) is 156 Å². The molecule has 2 aliphatic heterocycles. The molecule has 2 heterocycles. The van der Waals surface area contributed by atoms with Gasteiger partial charge in [0.1, 0.15) is 30.5 Å². The van der Waals surface area contributed by atoms with Crippen LogP contribution in [-0.4, -0.2) is 116 Å². The second-order valence-electron chi connectivity index (χ2n) is 34.7. The molecule has 0 radical (unpaired) electrons. The SMILES string of the molecule is CC(=O)O[C@H]1C[C@@H]2[C@]3(CC[C@]4(C)[C@@H]([C@@]5(C)CC[C@@H](C(C)(C)O)O5)[C@@H](O)C[C@@]24C)CC32CC[C@H](OC(C)=O)C(C)(C)[C@H]12.CC(=O)O[C@H]1C[C@@]2(C)[C@@H]3C[C@H](OC(C)=O)[C@H]4C(C)(C)[C@@H](OC(C)=O)CCC45C[C@@]35CC[C@]2(C)[C@H]1[C@@]1(C)CC[C@@H](C(C)(C)O)O1. The summed E-state index contributed by atoms with van der Waals surface area (Å²) in [5.41, 5.74) is -3.87. The molecule has 15 nitrogen and oxygen atoms in total. The van der Waals surface area contributed by atoms with Crippen LogP contribution >= 0.6 is 0 Å². The van der Waals surface area contributed by atoms with Crippen molar-refractivity contribution in [3.63, 3.8) is 0 Å². The van der Waals surface area contributed by atoms with Crippen LogP contribution in [0.15, 0.2) is 0 Å². The van der Waals surface area contributed by atoms with Gasteiger partial charge in [-0.05, 0) is 212 Å². The van der Waals surface area contributed by atoms with Crippen LogP contribution in [0.3, 0.4) is 0 Å². The van der Waals surface area contributed by atoms with Gasteiger partial charge in [-0.1, -0.05) is 55.4 Å². The van der Waals surface area contributed by atoms with Crippen molar-refractivity contribution in [2.75, 3.05) is 0 Å². The number of aliphatic hydroxyl groups is 3. The first-order chi connectivity index (χ1) is 38.9. The molecule has 0 bridgehead atoms. The molecule has 3 N–H and O–H groups in total. The van der Waals surface area contributed by atoms with E-state index in [0.29, 0.717) is 5.92 Å². The van der Waals surface area contributed by atoms with Gasteiger partial charge >= 0.3 is 29.8 Å². The molecular formula is C70H110O15. The molecule has 24 atom stereocenters. The number of hydrogen-bond acceptors (Lipinski definition) is 15. The van der Waals surface area contributed by atoms with Gasteiger partial charge in [-0.25, -0.2) is 0 Å². The normalized spacial score (nSPS) is 51.8. The van der Waals surface area contributed by atoms with Crippen molar-refractivity contribution in [3.8, 4) is 0 Å². The monoisotopic (exact) mass is 1190 g/mol. The van der Waals surface area contributed by atoms with E-state index in [0.717, 1.165) is 116 Å². The van der Waals surface area contributed by atoms with Crippen LogP contribution in [-0.2, 0) is 57.1 Å². The third-order valence-electron chi connectivity index (χ3n) is 29.0. The summed E-state index contributed by atoms with van der Waals surface area (Å²) < 4.78 is 44.1. The number of aliphatic hydroxyl groups excluding tert-OH is 1. The highest BCUT2D eigenvalue weighted by atomic mass is 16.6. The van der Waals surface area contributed by atoms with Crippen LogP contribution in [0.1, 0.15) is 247 Å². The fourth-order valence-electron chi connectivity index (χ4n) is 25.9. The maximum absolute atomic E-state index is 12.7. The standard InChI is InChI=1S/C36H56O8.C34H54O7/c1-20(37)41-23-17-25-33(9)18-24(42-21(2)38)29(34(10)13-11-27(44-34)31(6,7)40)32(33,8)15-16-35(25)19-36(35)14-12-26(43-22(3)39)30(4,5)28(23)36;1-19(35)39-22-16-23-31(8)17-21(37)26(32(9)12-10-25(41-32)29(5,6)38)30(31,7)14-15-33(23)18-34(33)13-11-24(40-20(2)36)28(3,4)27(22)34/h23-29,40H,11-19H2,1-10H3;21-27,37-38H,10-18H2,1-9H3/t23-,24-,25-,26-,27-,28-,29-,32+,33-,34+,35-,36?;21-,22-,23-,24-,25-,26-,27-,30+,31-,32+,33-,34?/m00/s1. The van der Waals surface area contributed by atoms with Gasteiger partial charge in [-0.15, -0.1) is 0 Å². The lowest BCUT2D eigenvalue weighted by Gasteiger charge is -2.64. The van der Waals surface area contributed by atoms with Crippen molar-refractivity contribution in [2.45, 2.75) is 318 Å². The molecule has 85 heavy (non-hydrogen) atoms. The first kappa shape index (κ1) is 63.7. The Kier molecular flexibility index (Phi) is 14.7. The molecule has 12 rings (SSSR count). The van der Waals surface area contributed by atoms with Crippen molar-refractivity contribution in [2.24, 2.45) is 89.7 Å². The van der Waals surface area contributed by atoms with Gasteiger partial charge in [0.05, 0.1) is 40.7 Å². The summed E-state index contributed by atoms with van der Waals surface area (Å²) in [6, 6.07) is 0. The average molecular weight is 1190 g/mol. The highest BCUT2D eigenvalue weighted by Crippen LogP contribution is 2.91. The predicted molar refractivity (Wildman–Crippen MR) is 317 cm³/mol. The van der Waals surface area contributed by atoms with E-state index in [9.17, 15) is 39.3 Å². The van der Waals surface area contributed by atoms with Crippen molar-refractivity contribution in [3.05, 3.63) is 0 Å². The Morgan fingerprint density at radius 3 is 1.13 bits per heavy atom. The maximum atomic E-state index is 12.7. The van der Waals surface area contributed by atoms with Crippen LogP contribution in [0.25, 0.3) is 0 Å². The molecule has 0 aromatic rings. The number of hydrogen-bond donors (Lipinski definition) is 3. The zero-order chi connectivity index (χ0) is 62.6. The molecule has 480 valence electrons. The number of carbonyl (C=O) groups is 5. The highest BCUT2D eigenvalue weighted by molar-refractivity contribution is 5.68. The van der Waals surface area contributed by atoms with Gasteiger partial charge in [0.15, 0.2) is 0 Å². The van der Waals surface area contributed by atoms with Gasteiger partial charge in [-0.3, -0.25) is 24.0 Å². The summed E-state index contributed by atoms with van der Waals surface area (Å²) in [6.07, 6.45) is 14.1. The van der Waals surface area contributed by atoms with E-state index < -0.39 is 28.5 Å². The molecule has 0 aromatic carbocycles. The first-order valence-corrected chi connectivity index (χ1v) is 33.3. The Hall–Kier alpha value is -2.85. The summed E-state index contributed by atoms with van der Waals surface area (Å²) in [6.45, 7) is 37.6. The predicted octanol–water partition coefficient (Wildman–Crippen LogP) is 11.7. The molecule has 2 unspecified atom stereocenters. The number of ether oxygens (including phenoxy) is 7. The van der Waals surface area contributed by atoms with Gasteiger partial charge in [0.25, 0.3) is 0 Å². The third kappa shape index (κ3) is 8.89. The van der Waals surface area contributed by atoms with E-state index in [4.69, 9.17) is 33.2 Å². The molecular weight excluding hydrogens is 1080 g/mol. The van der Waals surface area contributed by atoms with Gasteiger partial charge < -0.3 is 48.5 Å². The van der Waals surface area contributed by atoms with Crippen molar-refractivity contribution < 1.29 is 72.5 Å². The van der Waals surface area contributed by atoms with Gasteiger partial charge in [0.2, 0.25) is 0 Å². The molecule has 4 spiro atoms. The van der Waals surface area contributed by atoms with E-state index in [2.05, 4.69) is 69.2 Å². The molecule has 2 saturated heterocycles. The summed E-state index contributed by atoms with van der Waals surface area (Å²) in [4.78, 5) is 62.0. The van der Waals surface area contributed by atoms with Crippen LogP contribution < -0.4 is 0 Å². The fraction of sp³-hybridized carbons (Fsp3) is 0.929. The Bertz CT molecular complexity index is 2730. The topological polar surface area (TPSA) is 211 Å². The smallest absolute Gasteiger partial charge is 0.302 e. The fourth-order valence-corrected chi connectivity index (χ4v) is 25.9. The number of fused-ring (bicyclic) bond motifs is 4. The summed E-state index contributed by atoms with van der Waals surface area (Å²) in [7, 11) is 0. The minimum Gasteiger partial charge on any atom is -0.462 e. The Morgan fingerprint density at radius 2 is 0.765 bits per heavy atom. The van der Waals surface area contributed by atoms with Crippen LogP contribution in [0, 0.1) is 89.7 Å². The Balaban J connectivity index is 0.000000177. The lowest BCUT2D eigenvalue weighted by molar-refractivity contribution is -0.224. The van der Waals surface area contributed by atoms with E-state index >= 15 is 0 Å². The molecule has 12 fully saturated rings. The first-order valence-electron chi connectivity index (χ1n) is 33.3. The molecule has 15 heteroatoms. The summed E-state index contributed by atoms with van der Waals surface area (Å²) in [5, 5.41) is 33.6. The largest absolute Gasteiger partial charge is 0.462 e. The van der Waals surface area contributed by atoms with E-state index in [1.54, 1.807) is 0 Å². The van der Waals surface area contributed by atoms with Crippen molar-refractivity contribution in [1.82, 2.24) is 0 Å². The van der Waals surface area contributed by atoms with Crippen LogP contribution in [0.4, 0.5) is 0 Å². The van der Waals surface area contributed by atoms with E-state index in [1.807, 2.05) is 27.7 Å². The second-order valence-corrected chi connectivity index (χ2v) is 34.7. The van der Waals surface area contributed by atoms with Gasteiger partial charge in [-0.2, -0.15) is 0 Å². The molecule has 10 aliphatic carbocycles. The number of carbonyl (C=O) groups excluding carboxylic acids is 5. The number of esters is 5. The summed E-state index contributed by atoms with van der Waals surface area (Å²) >= 11 is 0. The minimum absolute atomic E-state index is 0.0231. The lowest BCUT2D eigenvalue weighted by atomic mass is 9.41. The molecule has 10 saturated carbocycles. The van der Waals surface area contributed by atoms with E-state index in [1.165, 1.54) is 34.6 Å². The van der Waals surface area contributed by atoms with Crippen molar-refractivity contribution >= 4 is 29.8 Å². The minimum atomic E-state index is -0.956. The Morgan fingerprint density at radius 1 is 0.412 bits per heavy atom. The summed E-state index contributed by atoms with van der Waals surface area (Å²) in [5.74, 6) is -0.493. The molecule has 0 aromatic heterocycles. The zero-order valence-corrected chi connectivity index (χ0v) is 55.6. The van der Waals surface area contributed by atoms with Crippen LogP contribution in [0.5, 0.6) is 0 Å². The quantitative estimate of drug-likeness (QED) is 0.145. The third-order valence-corrected chi connectivity index (χ3v) is 29.0. The Labute approximate surface area is 508 Å². The van der Waals surface area contributed by atoms with Crippen molar-refractivity contribution in [1.29, 1.82) is 0 Å². The van der Waals surface area contributed by atoms with Gasteiger partial charge in [0, 0.05) is 69.1 Å². The molecule has 0 amide bonds. The highest BCUT2D eigenvalue weighted by Gasteiger charge is 2.88. The van der Waals surface area contributed by atoms with Crippen LogP contribution in [0.2, 0.25) is 0 Å². The average Bonchev–Trinajstić information content (AvgIpc) is 1.47. The zero-order valence-electron chi connectivity index (χ0n) is 55.6. The molecule has 12 aliphatic rings. The maximum Gasteiger partial charge on any atom is 0.302 e. The second kappa shape index (κ2) is 19.6.